The number of rotatable bonds is 17. The summed E-state index contributed by atoms with van der Waals surface area (Å²) < 4.78 is 6.39. The first-order valence-corrected chi connectivity index (χ1v) is 17.9. The Bertz CT molecular complexity index is 1510. The lowest BCUT2D eigenvalue weighted by molar-refractivity contribution is -0.125. The van der Waals surface area contributed by atoms with Crippen LogP contribution < -0.4 is 15.0 Å². The first-order chi connectivity index (χ1) is 23.7. The molecule has 0 saturated carbocycles. The molecule has 0 radical (unpaired) electrons. The van der Waals surface area contributed by atoms with Crippen molar-refractivity contribution in [3.63, 3.8) is 0 Å². The van der Waals surface area contributed by atoms with Crippen LogP contribution in [0.2, 0.25) is 0 Å². The van der Waals surface area contributed by atoms with Gasteiger partial charge in [-0.1, -0.05) is 64.0 Å². The van der Waals surface area contributed by atoms with Crippen LogP contribution in [0.5, 0.6) is 5.75 Å². The molecule has 0 spiro atoms. The van der Waals surface area contributed by atoms with Crippen LogP contribution in [-0.2, 0) is 17.8 Å². The van der Waals surface area contributed by atoms with E-state index in [1.54, 1.807) is 17.0 Å². The summed E-state index contributed by atoms with van der Waals surface area (Å²) in [6.07, 6.45) is 12.0. The monoisotopic (exact) mass is 669 g/mol. The lowest BCUT2D eigenvalue weighted by atomic mass is 9.91. The van der Waals surface area contributed by atoms with Crippen molar-refractivity contribution >= 4 is 17.5 Å². The summed E-state index contributed by atoms with van der Waals surface area (Å²) in [5.41, 5.74) is 6.32. The van der Waals surface area contributed by atoms with Gasteiger partial charge in [0.1, 0.15) is 12.4 Å². The first kappa shape index (κ1) is 37.6. The van der Waals surface area contributed by atoms with Crippen molar-refractivity contribution < 1.29 is 14.3 Å². The molecule has 1 N–H and O–H groups in total. The zero-order chi connectivity index (χ0) is 35.3. The molecule has 2 aliphatic rings. The number of hydrogen-bond acceptors (Lipinski definition) is 7. The van der Waals surface area contributed by atoms with E-state index in [1.807, 2.05) is 38.4 Å². The number of benzene rings is 2. The van der Waals surface area contributed by atoms with Crippen molar-refractivity contribution in [1.82, 2.24) is 15.1 Å². The topological polar surface area (TPSA) is 94.5 Å². The van der Waals surface area contributed by atoms with Crippen LogP contribution in [-0.4, -0.2) is 68.0 Å². The molecule has 2 aromatic rings. The van der Waals surface area contributed by atoms with E-state index in [4.69, 9.17) is 4.74 Å². The maximum absolute atomic E-state index is 12.5. The van der Waals surface area contributed by atoms with Crippen LogP contribution >= 0.6 is 0 Å². The summed E-state index contributed by atoms with van der Waals surface area (Å²) in [4.78, 5) is 42.0. The number of allylic oxidation sites excluding steroid dienone is 2. The van der Waals surface area contributed by atoms with Crippen molar-refractivity contribution in [3.05, 3.63) is 99.8 Å². The number of hydrogen-bond donors (Lipinski definition) is 1. The quantitative estimate of drug-likeness (QED) is 0.137. The van der Waals surface area contributed by atoms with Gasteiger partial charge in [-0.3, -0.25) is 9.59 Å². The average molecular weight is 670 g/mol. The Morgan fingerprint density at radius 3 is 2.47 bits per heavy atom. The predicted molar refractivity (Wildman–Crippen MR) is 199 cm³/mol. The van der Waals surface area contributed by atoms with Gasteiger partial charge in [0.05, 0.1) is 0 Å². The van der Waals surface area contributed by atoms with Gasteiger partial charge in [0.25, 0.3) is 0 Å². The number of ether oxygens (including phenoxy) is 1. The summed E-state index contributed by atoms with van der Waals surface area (Å²) in [5, 5.41) is 6.06. The van der Waals surface area contributed by atoms with Crippen LogP contribution in [0, 0.1) is 10.8 Å². The number of carbonyl (C=O) groups excluding carboxylic acids is 2. The molecule has 1 atom stereocenters. The zero-order valence-corrected chi connectivity index (χ0v) is 30.2. The Balaban J connectivity index is 1.49. The number of piperidine rings is 1. The third-order valence-electron chi connectivity index (χ3n) is 9.95. The van der Waals surface area contributed by atoms with E-state index in [0.29, 0.717) is 49.3 Å². The van der Waals surface area contributed by atoms with Crippen LogP contribution in [0.1, 0.15) is 87.2 Å². The number of nitrogens with one attached hydrogen (secondary N) is 1. The van der Waals surface area contributed by atoms with E-state index in [1.165, 1.54) is 0 Å². The highest BCUT2D eigenvalue weighted by molar-refractivity contribution is 5.96. The largest absolute Gasteiger partial charge is 0.489 e. The molecule has 0 aromatic heterocycles. The fourth-order valence-electron chi connectivity index (χ4n) is 7.06. The minimum Gasteiger partial charge on any atom is -0.489 e. The van der Waals surface area contributed by atoms with Crippen molar-refractivity contribution in [2.24, 2.45) is 11.1 Å². The first-order valence-electron chi connectivity index (χ1n) is 17.9. The van der Waals surface area contributed by atoms with Crippen LogP contribution in [0.25, 0.3) is 0 Å². The second-order valence-corrected chi connectivity index (χ2v) is 13.3. The van der Waals surface area contributed by atoms with Crippen molar-refractivity contribution in [1.29, 1.82) is 0 Å². The molecule has 9 nitrogen and oxygen atoms in total. The van der Waals surface area contributed by atoms with E-state index < -0.39 is 5.91 Å². The van der Waals surface area contributed by atoms with E-state index >= 15 is 0 Å². The standard InChI is InChI=1S/C40H55N5O4/c1-7-11-30(8-2)25-32-15-16-33(40(47)42-48)26-38(32)43(6)27-31-13-17-36(18-14-31)49-28-34(24-29(4)45-21-10-12-39(45)46)37(9-3)44-22-19-35(41-5)20-23-44/h9,13-18,24,26,30,35,41H,4,7-8,10-12,19-23,25,27-28H2,1-3,5-6H3/b34-24-,37-9+. The molecule has 2 fully saturated rings. The molecule has 2 amide bonds. The Labute approximate surface area is 293 Å². The molecule has 1 unspecified atom stereocenters. The normalized spacial score (nSPS) is 16.6. The van der Waals surface area contributed by atoms with Gasteiger partial charge in [0.15, 0.2) is 0 Å². The minimum atomic E-state index is -0.754. The van der Waals surface area contributed by atoms with Gasteiger partial charge >= 0.3 is 5.91 Å². The molecule has 2 aromatic carbocycles. The smallest absolute Gasteiger partial charge is 0.316 e. The number of nitrogens with zero attached hydrogens (tertiary/aromatic N) is 4. The van der Waals surface area contributed by atoms with Gasteiger partial charge in [-0.2, -0.15) is 0 Å². The highest BCUT2D eigenvalue weighted by Crippen LogP contribution is 2.30. The highest BCUT2D eigenvalue weighted by Gasteiger charge is 2.25. The molecule has 0 aliphatic carbocycles. The molecule has 9 heteroatoms. The zero-order valence-electron chi connectivity index (χ0n) is 30.2. The number of amides is 2. The molecule has 49 heavy (non-hydrogen) atoms. The number of carbonyl (C=O) groups is 2. The lowest BCUT2D eigenvalue weighted by Crippen LogP contribution is -2.41. The summed E-state index contributed by atoms with van der Waals surface area (Å²) >= 11 is 0. The summed E-state index contributed by atoms with van der Waals surface area (Å²) in [5.74, 6) is 0.668. The van der Waals surface area contributed by atoms with Gasteiger partial charge in [-0.25, -0.2) is 0 Å². The van der Waals surface area contributed by atoms with E-state index in [2.05, 4.69) is 65.9 Å². The minimum absolute atomic E-state index is 0.121. The van der Waals surface area contributed by atoms with Gasteiger partial charge < -0.3 is 24.8 Å². The molecule has 2 aliphatic heterocycles. The second-order valence-electron chi connectivity index (χ2n) is 13.3. The SMILES string of the molecule is C=C(/C=C(COc1ccc(CN(C)c2cc(C(=O)N=O)ccc2CC(CC)CCC)cc1)\C(=C/C)N1CCC(NC)CC1)N1CCCC1=O. The van der Waals surface area contributed by atoms with Gasteiger partial charge in [-0.15, -0.1) is 4.91 Å². The van der Waals surface area contributed by atoms with Crippen LogP contribution in [0.15, 0.2) is 83.3 Å². The second kappa shape index (κ2) is 18.5. The molecule has 264 valence electrons. The lowest BCUT2D eigenvalue weighted by Gasteiger charge is -2.36. The molecule has 2 heterocycles. The van der Waals surface area contributed by atoms with E-state index in [0.717, 1.165) is 91.9 Å². The average Bonchev–Trinajstić information content (AvgIpc) is 3.56. The Morgan fingerprint density at radius 2 is 1.88 bits per heavy atom. The van der Waals surface area contributed by atoms with Gasteiger partial charge in [0.2, 0.25) is 5.91 Å². The maximum atomic E-state index is 12.5. The fourth-order valence-corrected chi connectivity index (χ4v) is 7.06. The Morgan fingerprint density at radius 1 is 1.14 bits per heavy atom. The van der Waals surface area contributed by atoms with Crippen molar-refractivity contribution in [2.45, 2.75) is 84.7 Å². The molecule has 2 saturated heterocycles. The Hall–Kier alpha value is -4.24. The molecular weight excluding hydrogens is 614 g/mol. The maximum Gasteiger partial charge on any atom is 0.316 e. The number of nitroso groups, excluding NO2 is 1. The van der Waals surface area contributed by atoms with E-state index in [9.17, 15) is 14.5 Å². The van der Waals surface area contributed by atoms with Gasteiger partial charge in [-0.05, 0) is 87.0 Å². The molecular formula is C40H55N5O4. The number of likely N-dealkylation sites (tertiary alicyclic amines) is 2. The third kappa shape index (κ3) is 10.1. The van der Waals surface area contributed by atoms with Crippen LogP contribution in [0.3, 0.4) is 0 Å². The molecule has 0 bridgehead atoms. The summed E-state index contributed by atoms with van der Waals surface area (Å²) in [6, 6.07) is 14.1. The summed E-state index contributed by atoms with van der Waals surface area (Å²) in [7, 11) is 4.04. The highest BCUT2D eigenvalue weighted by atomic mass is 16.5. The number of anilines is 1. The Kier molecular flexibility index (Phi) is 14.2. The van der Waals surface area contributed by atoms with Gasteiger partial charge in [0, 0.05) is 79.1 Å². The third-order valence-corrected chi connectivity index (χ3v) is 9.95. The van der Waals surface area contributed by atoms with E-state index in [-0.39, 0.29) is 5.91 Å². The fraction of sp³-hybridized carbons (Fsp3) is 0.500. The van der Waals surface area contributed by atoms with Crippen LogP contribution in [0.4, 0.5) is 5.69 Å². The summed E-state index contributed by atoms with van der Waals surface area (Å²) in [6.45, 7) is 14.3. The van der Waals surface area contributed by atoms with Crippen molar-refractivity contribution in [2.75, 3.05) is 45.2 Å². The molecule has 4 rings (SSSR count). The predicted octanol–water partition coefficient (Wildman–Crippen LogP) is 7.63. The van der Waals surface area contributed by atoms with Crippen molar-refractivity contribution in [3.8, 4) is 5.75 Å².